The van der Waals surface area contributed by atoms with E-state index in [1.54, 1.807) is 7.11 Å². The van der Waals surface area contributed by atoms with Crippen LogP contribution in [0.2, 0.25) is 0 Å². The zero-order chi connectivity index (χ0) is 15.8. The van der Waals surface area contributed by atoms with Crippen molar-refractivity contribution in [3.05, 3.63) is 41.5 Å². The molecule has 2 aliphatic rings. The fourth-order valence-electron chi connectivity index (χ4n) is 3.39. The summed E-state index contributed by atoms with van der Waals surface area (Å²) in [6.07, 6.45) is 2.86. The summed E-state index contributed by atoms with van der Waals surface area (Å²) in [7, 11) is 3.82. The molecule has 2 aromatic rings. The van der Waals surface area contributed by atoms with Gasteiger partial charge < -0.3 is 18.8 Å². The number of hydrogen-bond acceptors (Lipinski definition) is 5. The summed E-state index contributed by atoms with van der Waals surface area (Å²) in [6, 6.07) is 6.51. The van der Waals surface area contributed by atoms with Crippen molar-refractivity contribution >= 4 is 0 Å². The molecule has 6 nitrogen and oxygen atoms in total. The molecule has 6 heteroatoms. The van der Waals surface area contributed by atoms with Gasteiger partial charge in [0, 0.05) is 45.4 Å². The van der Waals surface area contributed by atoms with Crippen LogP contribution in [0.4, 0.5) is 0 Å². The van der Waals surface area contributed by atoms with E-state index in [2.05, 4.69) is 33.6 Å². The molecule has 0 bridgehead atoms. The molecule has 0 spiro atoms. The largest absolute Gasteiger partial charge is 0.454 e. The standard InChI is InChI=1S/C17H21N3O3/c1-19-10-18-14-8-20(13(9-21-2)6-15(14)19)7-12-3-4-16-17(5-12)23-11-22-16/h3-5,10,13H,6-9,11H2,1-2H3. The molecule has 1 aromatic heterocycles. The van der Waals surface area contributed by atoms with Crippen molar-refractivity contribution in [3.63, 3.8) is 0 Å². The van der Waals surface area contributed by atoms with Gasteiger partial charge in [0.25, 0.3) is 0 Å². The monoisotopic (exact) mass is 315 g/mol. The minimum atomic E-state index is 0.312. The number of aromatic nitrogens is 2. The van der Waals surface area contributed by atoms with Crippen LogP contribution < -0.4 is 9.47 Å². The molecule has 0 N–H and O–H groups in total. The van der Waals surface area contributed by atoms with Crippen molar-refractivity contribution in [2.75, 3.05) is 20.5 Å². The number of hydrogen-bond donors (Lipinski definition) is 0. The Morgan fingerprint density at radius 3 is 3.04 bits per heavy atom. The van der Waals surface area contributed by atoms with E-state index in [1.807, 2.05) is 12.4 Å². The van der Waals surface area contributed by atoms with Crippen LogP contribution in [-0.4, -0.2) is 41.0 Å². The summed E-state index contributed by atoms with van der Waals surface area (Å²) in [4.78, 5) is 6.96. The molecule has 1 aromatic carbocycles. The van der Waals surface area contributed by atoms with Gasteiger partial charge in [-0.15, -0.1) is 0 Å². The first-order valence-electron chi connectivity index (χ1n) is 7.85. The third-order valence-electron chi connectivity index (χ3n) is 4.63. The highest BCUT2D eigenvalue weighted by Gasteiger charge is 2.29. The summed E-state index contributed by atoms with van der Waals surface area (Å²) in [5.41, 5.74) is 3.70. The van der Waals surface area contributed by atoms with Crippen LogP contribution in [-0.2, 0) is 31.3 Å². The third-order valence-corrected chi connectivity index (χ3v) is 4.63. The van der Waals surface area contributed by atoms with Gasteiger partial charge in [0.05, 0.1) is 18.6 Å². The zero-order valence-electron chi connectivity index (χ0n) is 13.5. The quantitative estimate of drug-likeness (QED) is 0.860. The predicted octanol–water partition coefficient (Wildman–Crippen LogP) is 1.72. The highest BCUT2D eigenvalue weighted by atomic mass is 16.7. The maximum atomic E-state index is 5.48. The number of methoxy groups -OCH3 is 1. The van der Waals surface area contributed by atoms with E-state index in [1.165, 1.54) is 17.0 Å². The molecule has 2 aliphatic heterocycles. The normalized spacial score (nSPS) is 19.8. The lowest BCUT2D eigenvalue weighted by Crippen LogP contribution is -2.43. The lowest BCUT2D eigenvalue weighted by Gasteiger charge is -2.35. The summed E-state index contributed by atoms with van der Waals surface area (Å²) < 4.78 is 18.4. The molecule has 0 saturated carbocycles. The Kier molecular flexibility index (Phi) is 3.71. The maximum Gasteiger partial charge on any atom is 0.231 e. The number of aryl methyl sites for hydroxylation is 1. The van der Waals surface area contributed by atoms with Gasteiger partial charge in [0.15, 0.2) is 11.5 Å². The molecule has 0 radical (unpaired) electrons. The number of fused-ring (bicyclic) bond motifs is 2. The average Bonchev–Trinajstić information content (AvgIpc) is 3.15. The second-order valence-corrected chi connectivity index (χ2v) is 6.15. The molecule has 1 atom stereocenters. The highest BCUT2D eigenvalue weighted by molar-refractivity contribution is 5.44. The van der Waals surface area contributed by atoms with E-state index >= 15 is 0 Å². The fourth-order valence-corrected chi connectivity index (χ4v) is 3.39. The van der Waals surface area contributed by atoms with E-state index in [0.717, 1.165) is 37.6 Å². The Morgan fingerprint density at radius 2 is 2.17 bits per heavy atom. The van der Waals surface area contributed by atoms with Gasteiger partial charge in [0.1, 0.15) is 0 Å². The molecule has 0 amide bonds. The Hall–Kier alpha value is -2.05. The molecule has 1 unspecified atom stereocenters. The highest BCUT2D eigenvalue weighted by Crippen LogP contribution is 2.33. The summed E-state index contributed by atoms with van der Waals surface area (Å²) >= 11 is 0. The lowest BCUT2D eigenvalue weighted by atomic mass is 10.0. The first-order chi connectivity index (χ1) is 11.2. The van der Waals surface area contributed by atoms with Crippen LogP contribution in [0.5, 0.6) is 11.5 Å². The number of ether oxygens (including phenoxy) is 3. The van der Waals surface area contributed by atoms with E-state index in [4.69, 9.17) is 14.2 Å². The molecular weight excluding hydrogens is 294 g/mol. The predicted molar refractivity (Wildman–Crippen MR) is 84.4 cm³/mol. The molecular formula is C17H21N3O3. The Morgan fingerprint density at radius 1 is 1.30 bits per heavy atom. The van der Waals surface area contributed by atoms with Crippen molar-refractivity contribution in [1.29, 1.82) is 0 Å². The molecule has 0 saturated heterocycles. The Labute approximate surface area is 135 Å². The second kappa shape index (κ2) is 5.86. The summed E-state index contributed by atoms with van der Waals surface area (Å²) in [5.74, 6) is 1.66. The van der Waals surface area contributed by atoms with Gasteiger partial charge in [-0.2, -0.15) is 0 Å². The molecule has 23 heavy (non-hydrogen) atoms. The first kappa shape index (κ1) is 14.5. The van der Waals surface area contributed by atoms with E-state index in [-0.39, 0.29) is 0 Å². The van der Waals surface area contributed by atoms with Crippen LogP contribution in [0.3, 0.4) is 0 Å². The number of nitrogens with zero attached hydrogens (tertiary/aromatic N) is 3. The molecule has 0 aliphatic carbocycles. The minimum absolute atomic E-state index is 0.312. The van der Waals surface area contributed by atoms with Gasteiger partial charge in [-0.3, -0.25) is 4.90 Å². The molecule has 0 fully saturated rings. The van der Waals surface area contributed by atoms with Crippen LogP contribution in [0.15, 0.2) is 24.5 Å². The second-order valence-electron chi connectivity index (χ2n) is 6.15. The zero-order valence-corrected chi connectivity index (χ0v) is 13.5. The van der Waals surface area contributed by atoms with Gasteiger partial charge in [-0.25, -0.2) is 4.98 Å². The van der Waals surface area contributed by atoms with Crippen molar-refractivity contribution in [1.82, 2.24) is 14.5 Å². The van der Waals surface area contributed by atoms with Crippen LogP contribution in [0, 0.1) is 0 Å². The Bertz CT molecular complexity index is 713. The maximum absolute atomic E-state index is 5.48. The van der Waals surface area contributed by atoms with E-state index in [9.17, 15) is 0 Å². The SMILES string of the molecule is COCC1Cc2c(ncn2C)CN1Cc1ccc2c(c1)OCO2. The summed E-state index contributed by atoms with van der Waals surface area (Å²) in [6.45, 7) is 2.72. The van der Waals surface area contributed by atoms with Crippen molar-refractivity contribution < 1.29 is 14.2 Å². The molecule has 122 valence electrons. The van der Waals surface area contributed by atoms with Crippen molar-refractivity contribution in [2.45, 2.75) is 25.6 Å². The van der Waals surface area contributed by atoms with E-state index < -0.39 is 0 Å². The van der Waals surface area contributed by atoms with Crippen molar-refractivity contribution in [2.24, 2.45) is 7.05 Å². The first-order valence-corrected chi connectivity index (χ1v) is 7.85. The van der Waals surface area contributed by atoms with Gasteiger partial charge in [-0.05, 0) is 17.7 Å². The van der Waals surface area contributed by atoms with Gasteiger partial charge >= 0.3 is 0 Å². The topological polar surface area (TPSA) is 48.8 Å². The fraction of sp³-hybridized carbons (Fsp3) is 0.471. The van der Waals surface area contributed by atoms with Crippen LogP contribution >= 0.6 is 0 Å². The van der Waals surface area contributed by atoms with E-state index in [0.29, 0.717) is 12.8 Å². The minimum Gasteiger partial charge on any atom is -0.454 e. The third kappa shape index (κ3) is 2.68. The van der Waals surface area contributed by atoms with Gasteiger partial charge in [0.2, 0.25) is 6.79 Å². The Balaban J connectivity index is 1.56. The average molecular weight is 315 g/mol. The molecule has 3 heterocycles. The number of rotatable bonds is 4. The smallest absolute Gasteiger partial charge is 0.231 e. The van der Waals surface area contributed by atoms with Crippen LogP contribution in [0.25, 0.3) is 0 Å². The number of benzene rings is 1. The molecule has 4 rings (SSSR count). The van der Waals surface area contributed by atoms with Crippen LogP contribution in [0.1, 0.15) is 17.0 Å². The summed E-state index contributed by atoms with van der Waals surface area (Å²) in [5, 5.41) is 0. The van der Waals surface area contributed by atoms with Crippen molar-refractivity contribution in [3.8, 4) is 11.5 Å². The number of imidazole rings is 1. The van der Waals surface area contributed by atoms with Gasteiger partial charge in [-0.1, -0.05) is 6.07 Å². The lowest BCUT2D eigenvalue weighted by molar-refractivity contribution is 0.0700.